The molecule has 0 aliphatic carbocycles. The van der Waals surface area contributed by atoms with Gasteiger partial charge in [0.15, 0.2) is 0 Å². The van der Waals surface area contributed by atoms with Crippen LogP contribution in [-0.2, 0) is 12.8 Å². The molecule has 0 saturated heterocycles. The van der Waals surface area contributed by atoms with Crippen LogP contribution in [-0.4, -0.2) is 12.6 Å². The van der Waals surface area contributed by atoms with E-state index < -0.39 is 0 Å². The lowest BCUT2D eigenvalue weighted by molar-refractivity contribution is 0.505. The molecule has 21 heavy (non-hydrogen) atoms. The number of benzene rings is 2. The molecule has 2 rings (SSSR count). The largest absolute Gasteiger partial charge is 0.313 e. The summed E-state index contributed by atoms with van der Waals surface area (Å²) in [7, 11) is 0. The number of hydrogen-bond donors (Lipinski definition) is 1. The molecule has 1 atom stereocenters. The summed E-state index contributed by atoms with van der Waals surface area (Å²) in [5.74, 6) is 0. The summed E-state index contributed by atoms with van der Waals surface area (Å²) in [6, 6.07) is 16.5. The number of hydrogen-bond acceptors (Lipinski definition) is 1. The molecule has 3 heteroatoms. The van der Waals surface area contributed by atoms with Crippen LogP contribution in [0.15, 0.2) is 48.5 Å². The average molecular weight is 322 g/mol. The van der Waals surface area contributed by atoms with Gasteiger partial charge in [-0.3, -0.25) is 0 Å². The normalized spacial score (nSPS) is 12.3. The Kier molecular flexibility index (Phi) is 6.56. The van der Waals surface area contributed by atoms with E-state index in [-0.39, 0.29) is 0 Å². The van der Waals surface area contributed by atoms with Crippen molar-refractivity contribution in [1.82, 2.24) is 5.32 Å². The van der Waals surface area contributed by atoms with E-state index in [0.29, 0.717) is 6.04 Å². The van der Waals surface area contributed by atoms with Crippen LogP contribution in [0.25, 0.3) is 0 Å². The van der Waals surface area contributed by atoms with E-state index in [9.17, 15) is 0 Å². The van der Waals surface area contributed by atoms with Crippen molar-refractivity contribution < 1.29 is 0 Å². The van der Waals surface area contributed by atoms with Gasteiger partial charge in [0.2, 0.25) is 0 Å². The van der Waals surface area contributed by atoms with E-state index >= 15 is 0 Å². The summed E-state index contributed by atoms with van der Waals surface area (Å²) < 4.78 is 0. The van der Waals surface area contributed by atoms with Crippen molar-refractivity contribution in [3.05, 3.63) is 69.7 Å². The summed E-state index contributed by atoms with van der Waals surface area (Å²) in [4.78, 5) is 0. The van der Waals surface area contributed by atoms with Gasteiger partial charge in [0, 0.05) is 16.1 Å². The quantitative estimate of drug-likeness (QED) is 0.743. The molecule has 2 aromatic rings. The lowest BCUT2D eigenvalue weighted by Gasteiger charge is -2.19. The van der Waals surface area contributed by atoms with Gasteiger partial charge < -0.3 is 5.32 Å². The molecule has 0 saturated carbocycles. The Balaban J connectivity index is 2.07. The summed E-state index contributed by atoms with van der Waals surface area (Å²) in [6.07, 6.45) is 3.03. The fraction of sp³-hybridized carbons (Fsp3) is 0.333. The highest BCUT2D eigenvalue weighted by atomic mass is 35.5. The van der Waals surface area contributed by atoms with E-state index in [2.05, 4.69) is 30.4 Å². The Morgan fingerprint density at radius 2 is 1.67 bits per heavy atom. The highest BCUT2D eigenvalue weighted by Gasteiger charge is 2.11. The van der Waals surface area contributed by atoms with Gasteiger partial charge in [0.05, 0.1) is 0 Å². The topological polar surface area (TPSA) is 12.0 Å². The molecule has 1 N–H and O–H groups in total. The number of rotatable bonds is 7. The average Bonchev–Trinajstić information content (AvgIpc) is 2.49. The Labute approximate surface area is 137 Å². The maximum atomic E-state index is 6.28. The molecule has 0 heterocycles. The maximum Gasteiger partial charge on any atom is 0.0438 e. The van der Waals surface area contributed by atoms with E-state index in [4.69, 9.17) is 23.2 Å². The highest BCUT2D eigenvalue weighted by Crippen LogP contribution is 2.19. The standard InChI is InChI=1S/C18H21Cl2N/c1-2-11-21-17(12-14-7-9-16(19)10-8-14)13-15-5-3-4-6-18(15)20/h3-10,17,21H,2,11-13H2,1H3. The van der Waals surface area contributed by atoms with Gasteiger partial charge in [-0.2, -0.15) is 0 Å². The van der Waals surface area contributed by atoms with Crippen molar-refractivity contribution in [2.24, 2.45) is 0 Å². The molecule has 0 aromatic heterocycles. The van der Waals surface area contributed by atoms with Gasteiger partial charge in [0.25, 0.3) is 0 Å². The fourth-order valence-electron chi connectivity index (χ4n) is 2.40. The molecule has 0 bridgehead atoms. The lowest BCUT2D eigenvalue weighted by Crippen LogP contribution is -2.33. The van der Waals surface area contributed by atoms with Gasteiger partial charge in [-0.1, -0.05) is 60.5 Å². The van der Waals surface area contributed by atoms with E-state index in [0.717, 1.165) is 35.9 Å². The van der Waals surface area contributed by atoms with Crippen molar-refractivity contribution in [3.8, 4) is 0 Å². The Hall–Kier alpha value is -1.02. The minimum absolute atomic E-state index is 0.381. The van der Waals surface area contributed by atoms with E-state index in [1.807, 2.05) is 30.3 Å². The van der Waals surface area contributed by atoms with Crippen LogP contribution in [0.4, 0.5) is 0 Å². The third-order valence-electron chi connectivity index (χ3n) is 3.50. The van der Waals surface area contributed by atoms with E-state index in [1.54, 1.807) is 0 Å². The summed E-state index contributed by atoms with van der Waals surface area (Å²) in [5.41, 5.74) is 2.49. The van der Waals surface area contributed by atoms with Crippen molar-refractivity contribution in [1.29, 1.82) is 0 Å². The first-order valence-electron chi connectivity index (χ1n) is 7.40. The third-order valence-corrected chi connectivity index (χ3v) is 4.12. The third kappa shape index (κ3) is 5.35. The van der Waals surface area contributed by atoms with Crippen LogP contribution in [0.5, 0.6) is 0 Å². The van der Waals surface area contributed by atoms with Crippen LogP contribution in [0.3, 0.4) is 0 Å². The van der Waals surface area contributed by atoms with Crippen molar-refractivity contribution in [2.45, 2.75) is 32.2 Å². The monoisotopic (exact) mass is 321 g/mol. The first-order valence-corrected chi connectivity index (χ1v) is 8.16. The minimum atomic E-state index is 0.381. The summed E-state index contributed by atoms with van der Waals surface area (Å²) in [5, 5.41) is 5.24. The van der Waals surface area contributed by atoms with Crippen LogP contribution in [0.2, 0.25) is 10.0 Å². The zero-order valence-corrected chi connectivity index (χ0v) is 13.8. The molecule has 0 radical (unpaired) electrons. The molecule has 0 aliphatic heterocycles. The van der Waals surface area contributed by atoms with Crippen LogP contribution < -0.4 is 5.32 Å². The molecule has 112 valence electrons. The van der Waals surface area contributed by atoms with E-state index in [1.165, 1.54) is 11.1 Å². The first-order chi connectivity index (χ1) is 10.2. The summed E-state index contributed by atoms with van der Waals surface area (Å²) in [6.45, 7) is 3.20. The second-order valence-corrected chi connectivity index (χ2v) is 6.12. The van der Waals surface area contributed by atoms with Gasteiger partial charge in [-0.05, 0) is 55.1 Å². The summed E-state index contributed by atoms with van der Waals surface area (Å²) >= 11 is 12.2. The second-order valence-electron chi connectivity index (χ2n) is 5.28. The fourth-order valence-corrected chi connectivity index (χ4v) is 2.74. The number of nitrogens with one attached hydrogen (secondary N) is 1. The zero-order chi connectivity index (χ0) is 15.1. The Morgan fingerprint density at radius 1 is 0.952 bits per heavy atom. The second kappa shape index (κ2) is 8.43. The first kappa shape index (κ1) is 16.4. The maximum absolute atomic E-state index is 6.28. The molecular weight excluding hydrogens is 301 g/mol. The Morgan fingerprint density at radius 3 is 2.33 bits per heavy atom. The van der Waals surface area contributed by atoms with Crippen LogP contribution >= 0.6 is 23.2 Å². The zero-order valence-electron chi connectivity index (χ0n) is 12.3. The smallest absolute Gasteiger partial charge is 0.0438 e. The molecular formula is C18H21Cl2N. The molecule has 1 unspecified atom stereocenters. The van der Waals surface area contributed by atoms with Crippen LogP contribution in [0, 0.1) is 0 Å². The van der Waals surface area contributed by atoms with Gasteiger partial charge in [0.1, 0.15) is 0 Å². The SMILES string of the molecule is CCCNC(Cc1ccc(Cl)cc1)Cc1ccccc1Cl. The molecule has 0 amide bonds. The predicted molar refractivity (Wildman–Crippen MR) is 92.4 cm³/mol. The minimum Gasteiger partial charge on any atom is -0.313 e. The van der Waals surface area contributed by atoms with Crippen molar-refractivity contribution in [3.63, 3.8) is 0 Å². The number of halogens is 2. The molecule has 0 fully saturated rings. The van der Waals surface area contributed by atoms with Crippen molar-refractivity contribution in [2.75, 3.05) is 6.54 Å². The molecule has 2 aromatic carbocycles. The lowest BCUT2D eigenvalue weighted by atomic mass is 9.99. The predicted octanol–water partition coefficient (Wildman–Crippen LogP) is 5.15. The van der Waals surface area contributed by atoms with Gasteiger partial charge in [-0.15, -0.1) is 0 Å². The molecule has 0 spiro atoms. The van der Waals surface area contributed by atoms with Gasteiger partial charge in [-0.25, -0.2) is 0 Å². The highest BCUT2D eigenvalue weighted by molar-refractivity contribution is 6.31. The molecule has 0 aliphatic rings. The van der Waals surface area contributed by atoms with Crippen LogP contribution in [0.1, 0.15) is 24.5 Å². The Bertz CT molecular complexity index is 551. The molecule has 1 nitrogen and oxygen atoms in total. The van der Waals surface area contributed by atoms with Gasteiger partial charge >= 0.3 is 0 Å². The van der Waals surface area contributed by atoms with Crippen molar-refractivity contribution >= 4 is 23.2 Å².